The monoisotopic (exact) mass is 576 g/mol. The van der Waals surface area contributed by atoms with Crippen LogP contribution in [0.1, 0.15) is 55.5 Å². The Morgan fingerprint density at radius 3 is 1.56 bits per heavy atom. The molecule has 2 aliphatic rings. The summed E-state index contributed by atoms with van der Waals surface area (Å²) in [4.78, 5) is 0. The van der Waals surface area contributed by atoms with E-state index in [1.165, 1.54) is 93.9 Å². The third-order valence-electron chi connectivity index (χ3n) is 10.9. The molecule has 0 aliphatic heterocycles. The minimum absolute atomic E-state index is 0.00341. The van der Waals surface area contributed by atoms with E-state index in [0.29, 0.717) is 0 Å². The summed E-state index contributed by atoms with van der Waals surface area (Å²) in [6.45, 7) is 11.7. The predicted molar refractivity (Wildman–Crippen MR) is 192 cm³/mol. The molecular weight excluding hydrogens is 540 g/mol. The maximum Gasteiger partial charge on any atom is 0.0159 e. The minimum atomic E-state index is -0.0438. The van der Waals surface area contributed by atoms with Gasteiger partial charge in [-0.05, 0) is 107 Å². The lowest BCUT2D eigenvalue weighted by Crippen LogP contribution is -2.14. The first kappa shape index (κ1) is 26.5. The van der Waals surface area contributed by atoms with Gasteiger partial charge in [0.2, 0.25) is 0 Å². The van der Waals surface area contributed by atoms with Crippen LogP contribution in [0.15, 0.2) is 127 Å². The van der Waals surface area contributed by atoms with E-state index in [1.54, 1.807) is 0 Å². The maximum absolute atomic E-state index is 2.48. The number of benzene rings is 7. The van der Waals surface area contributed by atoms with E-state index >= 15 is 0 Å². The zero-order chi connectivity index (χ0) is 30.7. The van der Waals surface area contributed by atoms with Crippen molar-refractivity contribution >= 4 is 21.5 Å². The Labute approximate surface area is 266 Å². The molecule has 0 unspecified atom stereocenters. The topological polar surface area (TPSA) is 0 Å². The first-order valence-electron chi connectivity index (χ1n) is 16.2. The molecule has 9 rings (SSSR count). The van der Waals surface area contributed by atoms with Crippen LogP contribution in [0.5, 0.6) is 0 Å². The molecule has 0 heteroatoms. The summed E-state index contributed by atoms with van der Waals surface area (Å²) in [6.07, 6.45) is 0. The molecule has 2 aliphatic carbocycles. The maximum atomic E-state index is 2.48. The highest BCUT2D eigenvalue weighted by atomic mass is 14.4. The van der Waals surface area contributed by atoms with Crippen molar-refractivity contribution in [2.45, 2.75) is 45.4 Å². The molecule has 0 spiro atoms. The molecule has 216 valence electrons. The molecule has 7 aromatic rings. The molecule has 0 radical (unpaired) electrons. The molecule has 0 saturated carbocycles. The van der Waals surface area contributed by atoms with Gasteiger partial charge in [-0.3, -0.25) is 0 Å². The van der Waals surface area contributed by atoms with Crippen molar-refractivity contribution in [3.05, 3.63) is 155 Å². The third-order valence-corrected chi connectivity index (χ3v) is 10.9. The van der Waals surface area contributed by atoms with Crippen molar-refractivity contribution in [3.8, 4) is 44.5 Å². The van der Waals surface area contributed by atoms with Crippen LogP contribution < -0.4 is 0 Å². The van der Waals surface area contributed by atoms with E-state index in [9.17, 15) is 0 Å². The molecule has 7 aromatic carbocycles. The Bertz CT molecular complexity index is 2380. The lowest BCUT2D eigenvalue weighted by atomic mass is 9.80. The second kappa shape index (κ2) is 9.05. The SMILES string of the molecule is Cc1ccc2c(-c3ccc4c(c3)-c3ccccc3C4(C)C)c3ccccc3c(-c3ccc4c(c3)C(C)(C)c3ccccc3-4)c2c1. The average Bonchev–Trinajstić information content (AvgIpc) is 3.42. The third kappa shape index (κ3) is 3.54. The van der Waals surface area contributed by atoms with Crippen molar-refractivity contribution in [2.24, 2.45) is 0 Å². The van der Waals surface area contributed by atoms with Crippen molar-refractivity contribution < 1.29 is 0 Å². The summed E-state index contributed by atoms with van der Waals surface area (Å²) in [7, 11) is 0. The predicted octanol–water partition coefficient (Wildman–Crippen LogP) is 12.2. The van der Waals surface area contributed by atoms with Crippen LogP contribution in [-0.4, -0.2) is 0 Å². The fourth-order valence-corrected chi connectivity index (χ4v) is 8.65. The molecular formula is C45H36. The van der Waals surface area contributed by atoms with Gasteiger partial charge in [0, 0.05) is 10.8 Å². The first-order chi connectivity index (χ1) is 21.7. The summed E-state index contributed by atoms with van der Waals surface area (Å²) in [5.74, 6) is 0. The highest BCUT2D eigenvalue weighted by molar-refractivity contribution is 6.21. The van der Waals surface area contributed by atoms with E-state index in [2.05, 4.69) is 162 Å². The van der Waals surface area contributed by atoms with Crippen LogP contribution in [0.2, 0.25) is 0 Å². The molecule has 0 saturated heterocycles. The molecule has 45 heavy (non-hydrogen) atoms. The van der Waals surface area contributed by atoms with Crippen LogP contribution in [0.25, 0.3) is 66.1 Å². The Morgan fingerprint density at radius 1 is 0.356 bits per heavy atom. The summed E-state index contributed by atoms with van der Waals surface area (Å²) in [6, 6.07) is 48.4. The largest absolute Gasteiger partial charge is 0.0619 e. The van der Waals surface area contributed by atoms with Gasteiger partial charge in [-0.1, -0.05) is 149 Å². The van der Waals surface area contributed by atoms with Crippen LogP contribution >= 0.6 is 0 Å². The van der Waals surface area contributed by atoms with Crippen LogP contribution in [0.4, 0.5) is 0 Å². The Balaban J connectivity index is 1.33. The highest BCUT2D eigenvalue weighted by Crippen LogP contribution is 2.53. The Kier molecular flexibility index (Phi) is 5.32. The number of hydrogen-bond donors (Lipinski definition) is 0. The van der Waals surface area contributed by atoms with Crippen molar-refractivity contribution in [2.75, 3.05) is 0 Å². The number of hydrogen-bond acceptors (Lipinski definition) is 0. The standard InChI is InChI=1S/C45H36/c1-27-18-21-35-37(24-27)43(29-19-22-32-30-12-8-10-16-38(30)45(4,5)41(32)26-29)34-15-7-6-14-33(34)42(35)28-20-23-40-36(25-28)31-13-9-11-17-39(31)44(40,2)3/h6-26H,1-5H3. The van der Waals surface area contributed by atoms with Gasteiger partial charge in [-0.25, -0.2) is 0 Å². The number of fused-ring (bicyclic) bond motifs is 8. The zero-order valence-corrected chi connectivity index (χ0v) is 26.6. The van der Waals surface area contributed by atoms with Gasteiger partial charge in [0.15, 0.2) is 0 Å². The summed E-state index contributed by atoms with van der Waals surface area (Å²) >= 11 is 0. The van der Waals surface area contributed by atoms with Gasteiger partial charge < -0.3 is 0 Å². The molecule has 0 atom stereocenters. The molecule has 0 bridgehead atoms. The minimum Gasteiger partial charge on any atom is -0.0619 e. The van der Waals surface area contributed by atoms with Crippen LogP contribution in [-0.2, 0) is 10.8 Å². The molecule has 0 N–H and O–H groups in total. The summed E-state index contributed by atoms with van der Waals surface area (Å²) in [5.41, 5.74) is 17.6. The molecule has 0 amide bonds. The van der Waals surface area contributed by atoms with Gasteiger partial charge >= 0.3 is 0 Å². The van der Waals surface area contributed by atoms with E-state index in [1.807, 2.05) is 0 Å². The lowest BCUT2D eigenvalue weighted by molar-refractivity contribution is 0.660. The highest BCUT2D eigenvalue weighted by Gasteiger charge is 2.37. The number of rotatable bonds is 2. The van der Waals surface area contributed by atoms with Gasteiger partial charge in [-0.15, -0.1) is 0 Å². The number of aryl methyl sites for hydroxylation is 1. The van der Waals surface area contributed by atoms with Crippen LogP contribution in [0, 0.1) is 6.92 Å². The van der Waals surface area contributed by atoms with Gasteiger partial charge in [0.1, 0.15) is 0 Å². The van der Waals surface area contributed by atoms with E-state index in [4.69, 9.17) is 0 Å². The quantitative estimate of drug-likeness (QED) is 0.180. The second-order valence-corrected chi connectivity index (χ2v) is 14.2. The summed E-state index contributed by atoms with van der Waals surface area (Å²) in [5, 5.41) is 5.23. The average molecular weight is 577 g/mol. The van der Waals surface area contributed by atoms with Gasteiger partial charge in [-0.2, -0.15) is 0 Å². The molecule has 0 nitrogen and oxygen atoms in total. The van der Waals surface area contributed by atoms with E-state index < -0.39 is 0 Å². The lowest BCUT2D eigenvalue weighted by Gasteiger charge is -2.23. The Morgan fingerprint density at radius 2 is 0.844 bits per heavy atom. The summed E-state index contributed by atoms with van der Waals surface area (Å²) < 4.78 is 0. The fourth-order valence-electron chi connectivity index (χ4n) is 8.65. The van der Waals surface area contributed by atoms with Gasteiger partial charge in [0.05, 0.1) is 0 Å². The fraction of sp³-hybridized carbons (Fsp3) is 0.156. The van der Waals surface area contributed by atoms with Crippen LogP contribution in [0.3, 0.4) is 0 Å². The Hall–Kier alpha value is -4.94. The van der Waals surface area contributed by atoms with Gasteiger partial charge in [0.25, 0.3) is 0 Å². The van der Waals surface area contributed by atoms with Crippen molar-refractivity contribution in [3.63, 3.8) is 0 Å². The normalized spacial score (nSPS) is 15.1. The smallest absolute Gasteiger partial charge is 0.0159 e. The van der Waals surface area contributed by atoms with Crippen molar-refractivity contribution in [1.29, 1.82) is 0 Å². The molecule has 0 aromatic heterocycles. The van der Waals surface area contributed by atoms with E-state index in [0.717, 1.165) is 0 Å². The van der Waals surface area contributed by atoms with Crippen molar-refractivity contribution in [1.82, 2.24) is 0 Å². The zero-order valence-electron chi connectivity index (χ0n) is 26.6. The molecule has 0 heterocycles. The first-order valence-corrected chi connectivity index (χ1v) is 16.2. The second-order valence-electron chi connectivity index (χ2n) is 14.2. The van der Waals surface area contributed by atoms with E-state index in [-0.39, 0.29) is 10.8 Å². The molecule has 0 fully saturated rings.